The number of nitrogens with zero attached hydrogens (tertiary/aromatic N) is 3. The van der Waals surface area contributed by atoms with Crippen LogP contribution in [0, 0.1) is 12.8 Å². The highest BCUT2D eigenvalue weighted by Crippen LogP contribution is 2.10. The molecule has 2 atom stereocenters. The molecule has 0 radical (unpaired) electrons. The Kier molecular flexibility index (Phi) is 4.55. The summed E-state index contributed by atoms with van der Waals surface area (Å²) >= 11 is 0. The van der Waals surface area contributed by atoms with E-state index in [2.05, 4.69) is 15.6 Å². The van der Waals surface area contributed by atoms with Gasteiger partial charge in [0, 0.05) is 6.04 Å². The highest BCUT2D eigenvalue weighted by atomic mass is 16.4. The second kappa shape index (κ2) is 6.38. The van der Waals surface area contributed by atoms with E-state index in [1.54, 1.807) is 6.92 Å². The number of benzene rings is 1. The summed E-state index contributed by atoms with van der Waals surface area (Å²) in [6, 6.07) is 7.13. The Bertz CT molecular complexity index is 696. The second-order valence-electron chi connectivity index (χ2n) is 5.28. The van der Waals surface area contributed by atoms with Gasteiger partial charge in [0.05, 0.1) is 17.8 Å². The van der Waals surface area contributed by atoms with Gasteiger partial charge in [-0.15, -0.1) is 5.10 Å². The molecule has 0 fully saturated rings. The molecule has 2 rings (SSSR count). The van der Waals surface area contributed by atoms with Crippen molar-refractivity contribution in [3.8, 4) is 5.69 Å². The Balaban J connectivity index is 2.11. The van der Waals surface area contributed by atoms with Crippen LogP contribution in [0.5, 0.6) is 0 Å². The van der Waals surface area contributed by atoms with Crippen LogP contribution >= 0.6 is 0 Å². The molecule has 0 aliphatic heterocycles. The number of carbonyl (C=O) groups is 2. The molecule has 7 nitrogen and oxygen atoms in total. The number of aromatic nitrogens is 3. The van der Waals surface area contributed by atoms with Crippen molar-refractivity contribution in [3.05, 3.63) is 41.7 Å². The SMILES string of the molecule is Cc1cccc(-n2cc(C(=O)NC(C)C(C)C(=O)O)nn2)c1. The lowest BCUT2D eigenvalue weighted by atomic mass is 10.0. The molecule has 1 aromatic heterocycles. The summed E-state index contributed by atoms with van der Waals surface area (Å²) in [5.41, 5.74) is 2.02. The van der Waals surface area contributed by atoms with Crippen LogP contribution in [0.4, 0.5) is 0 Å². The van der Waals surface area contributed by atoms with Gasteiger partial charge in [-0.25, -0.2) is 4.68 Å². The number of hydrogen-bond acceptors (Lipinski definition) is 4. The van der Waals surface area contributed by atoms with Gasteiger partial charge in [0.2, 0.25) is 0 Å². The van der Waals surface area contributed by atoms with E-state index in [1.807, 2.05) is 31.2 Å². The van der Waals surface area contributed by atoms with Gasteiger partial charge in [-0.2, -0.15) is 0 Å². The molecule has 7 heteroatoms. The van der Waals surface area contributed by atoms with Crippen LogP contribution in [0.2, 0.25) is 0 Å². The summed E-state index contributed by atoms with van der Waals surface area (Å²) in [4.78, 5) is 23.0. The minimum absolute atomic E-state index is 0.144. The van der Waals surface area contributed by atoms with Crippen LogP contribution in [0.25, 0.3) is 5.69 Å². The van der Waals surface area contributed by atoms with Crippen molar-refractivity contribution < 1.29 is 14.7 Å². The van der Waals surface area contributed by atoms with E-state index in [0.29, 0.717) is 0 Å². The van der Waals surface area contributed by atoms with Gasteiger partial charge in [-0.1, -0.05) is 17.3 Å². The molecule has 0 saturated heterocycles. The van der Waals surface area contributed by atoms with Gasteiger partial charge in [-0.05, 0) is 38.5 Å². The summed E-state index contributed by atoms with van der Waals surface area (Å²) in [6.45, 7) is 5.14. The third kappa shape index (κ3) is 3.49. The third-order valence-electron chi connectivity index (χ3n) is 3.49. The van der Waals surface area contributed by atoms with E-state index in [-0.39, 0.29) is 5.69 Å². The number of amides is 1. The van der Waals surface area contributed by atoms with Gasteiger partial charge in [0.25, 0.3) is 5.91 Å². The first-order valence-electron chi connectivity index (χ1n) is 6.91. The smallest absolute Gasteiger partial charge is 0.308 e. The van der Waals surface area contributed by atoms with Crippen molar-refractivity contribution in [1.82, 2.24) is 20.3 Å². The van der Waals surface area contributed by atoms with Crippen molar-refractivity contribution in [2.75, 3.05) is 0 Å². The fraction of sp³-hybridized carbons (Fsp3) is 0.333. The Morgan fingerprint density at radius 3 is 2.68 bits per heavy atom. The number of carboxylic acid groups (broad SMARTS) is 1. The molecule has 22 heavy (non-hydrogen) atoms. The number of nitrogens with one attached hydrogen (secondary N) is 1. The largest absolute Gasteiger partial charge is 0.481 e. The zero-order chi connectivity index (χ0) is 16.3. The Morgan fingerprint density at radius 1 is 1.32 bits per heavy atom. The minimum Gasteiger partial charge on any atom is -0.481 e. The molecule has 0 aliphatic carbocycles. The van der Waals surface area contributed by atoms with Crippen molar-refractivity contribution in [3.63, 3.8) is 0 Å². The average Bonchev–Trinajstić information content (AvgIpc) is 2.96. The molecule has 1 aromatic carbocycles. The van der Waals surface area contributed by atoms with Gasteiger partial charge < -0.3 is 10.4 Å². The molecular weight excluding hydrogens is 284 g/mol. The molecule has 0 spiro atoms. The Hall–Kier alpha value is -2.70. The zero-order valence-electron chi connectivity index (χ0n) is 12.6. The quantitative estimate of drug-likeness (QED) is 0.870. The van der Waals surface area contributed by atoms with E-state index in [0.717, 1.165) is 11.3 Å². The van der Waals surface area contributed by atoms with E-state index in [1.165, 1.54) is 17.8 Å². The maximum Gasteiger partial charge on any atom is 0.308 e. The van der Waals surface area contributed by atoms with Crippen LogP contribution in [0.1, 0.15) is 29.9 Å². The van der Waals surface area contributed by atoms with Crippen LogP contribution in [-0.2, 0) is 4.79 Å². The van der Waals surface area contributed by atoms with E-state index < -0.39 is 23.8 Å². The van der Waals surface area contributed by atoms with Crippen molar-refractivity contribution >= 4 is 11.9 Å². The van der Waals surface area contributed by atoms with Crippen LogP contribution < -0.4 is 5.32 Å². The fourth-order valence-corrected chi connectivity index (χ4v) is 1.88. The Morgan fingerprint density at radius 2 is 2.05 bits per heavy atom. The molecule has 2 N–H and O–H groups in total. The van der Waals surface area contributed by atoms with Crippen LogP contribution in [0.15, 0.2) is 30.5 Å². The lowest BCUT2D eigenvalue weighted by molar-refractivity contribution is -0.141. The summed E-state index contributed by atoms with van der Waals surface area (Å²) < 4.78 is 1.51. The highest BCUT2D eigenvalue weighted by Gasteiger charge is 2.22. The van der Waals surface area contributed by atoms with Crippen LogP contribution in [0.3, 0.4) is 0 Å². The van der Waals surface area contributed by atoms with E-state index >= 15 is 0 Å². The standard InChI is InChI=1S/C15H18N4O3/c1-9-5-4-6-12(7-9)19-8-13(17-18-19)14(20)16-11(3)10(2)15(21)22/h4-8,10-11H,1-3H3,(H,16,20)(H,21,22). The van der Waals surface area contributed by atoms with Gasteiger partial charge in [0.15, 0.2) is 5.69 Å². The number of carboxylic acids is 1. The molecule has 2 unspecified atom stereocenters. The van der Waals surface area contributed by atoms with Gasteiger partial charge in [0.1, 0.15) is 0 Å². The average molecular weight is 302 g/mol. The van der Waals surface area contributed by atoms with Gasteiger partial charge in [-0.3, -0.25) is 9.59 Å². The fourth-order valence-electron chi connectivity index (χ4n) is 1.88. The normalized spacial score (nSPS) is 13.4. The molecule has 0 bridgehead atoms. The Labute approximate surface area is 128 Å². The first-order valence-corrected chi connectivity index (χ1v) is 6.91. The molecule has 0 saturated carbocycles. The zero-order valence-corrected chi connectivity index (χ0v) is 12.6. The summed E-state index contributed by atoms with van der Waals surface area (Å²) in [6.07, 6.45) is 1.52. The molecule has 0 aliphatic rings. The maximum absolute atomic E-state index is 12.1. The van der Waals surface area contributed by atoms with Crippen molar-refractivity contribution in [1.29, 1.82) is 0 Å². The first kappa shape index (κ1) is 15.7. The molecule has 1 amide bonds. The molecule has 1 heterocycles. The highest BCUT2D eigenvalue weighted by molar-refractivity contribution is 5.92. The first-order chi connectivity index (χ1) is 10.4. The lowest BCUT2D eigenvalue weighted by Crippen LogP contribution is -2.40. The number of aliphatic carboxylic acids is 1. The maximum atomic E-state index is 12.1. The molecular formula is C15H18N4O3. The number of aryl methyl sites for hydroxylation is 1. The number of carbonyl (C=O) groups excluding carboxylic acids is 1. The summed E-state index contributed by atoms with van der Waals surface area (Å²) in [7, 11) is 0. The van der Waals surface area contributed by atoms with Gasteiger partial charge >= 0.3 is 5.97 Å². The molecule has 116 valence electrons. The second-order valence-corrected chi connectivity index (χ2v) is 5.28. The lowest BCUT2D eigenvalue weighted by Gasteiger charge is -2.16. The minimum atomic E-state index is -0.962. The van der Waals surface area contributed by atoms with E-state index in [9.17, 15) is 9.59 Å². The van der Waals surface area contributed by atoms with Crippen molar-refractivity contribution in [2.24, 2.45) is 5.92 Å². The van der Waals surface area contributed by atoms with Crippen LogP contribution in [-0.4, -0.2) is 38.0 Å². The predicted molar refractivity (Wildman–Crippen MR) is 79.8 cm³/mol. The number of hydrogen-bond donors (Lipinski definition) is 2. The predicted octanol–water partition coefficient (Wildman–Crippen LogP) is 1.41. The third-order valence-corrected chi connectivity index (χ3v) is 3.49. The number of rotatable bonds is 5. The molecule has 2 aromatic rings. The van der Waals surface area contributed by atoms with Crippen molar-refractivity contribution in [2.45, 2.75) is 26.8 Å². The van der Waals surface area contributed by atoms with E-state index in [4.69, 9.17) is 5.11 Å². The topological polar surface area (TPSA) is 97.1 Å². The summed E-state index contributed by atoms with van der Waals surface area (Å²) in [5, 5.41) is 19.3. The monoisotopic (exact) mass is 302 g/mol. The summed E-state index contributed by atoms with van der Waals surface area (Å²) in [5.74, 6) is -2.09.